The Bertz CT molecular complexity index is 578. The minimum atomic E-state index is -0.272. The summed E-state index contributed by atoms with van der Waals surface area (Å²) in [5, 5.41) is 0.458. The zero-order valence-electron chi connectivity index (χ0n) is 11.9. The fraction of sp³-hybridized carbons (Fsp3) is 0.294. The monoisotopic (exact) mass is 370 g/mol. The molecule has 0 fully saturated rings. The van der Waals surface area contributed by atoms with E-state index in [0.717, 1.165) is 11.3 Å². The molecule has 1 nitrogen and oxygen atoms in total. The van der Waals surface area contributed by atoms with Crippen molar-refractivity contribution in [3.05, 3.63) is 64.4 Å². The molecule has 2 aromatic rings. The SMILES string of the molecule is CC(C)Oc1ccc(C(Br)Cc2c(F)cccc2Cl)cc1. The summed E-state index contributed by atoms with van der Waals surface area (Å²) in [5.74, 6) is 0.559. The summed E-state index contributed by atoms with van der Waals surface area (Å²) in [6.45, 7) is 3.97. The number of rotatable bonds is 5. The van der Waals surface area contributed by atoms with Crippen molar-refractivity contribution in [3.8, 4) is 5.75 Å². The van der Waals surface area contributed by atoms with Crippen LogP contribution in [0.2, 0.25) is 5.02 Å². The third-order valence-corrected chi connectivity index (χ3v) is 4.27. The van der Waals surface area contributed by atoms with Gasteiger partial charge in [-0.25, -0.2) is 4.39 Å². The van der Waals surface area contributed by atoms with Crippen molar-refractivity contribution in [2.75, 3.05) is 0 Å². The van der Waals surface area contributed by atoms with Crippen LogP contribution in [0.4, 0.5) is 4.39 Å². The maximum atomic E-state index is 13.8. The molecule has 2 aromatic carbocycles. The molecular weight excluding hydrogens is 355 g/mol. The lowest BCUT2D eigenvalue weighted by molar-refractivity contribution is 0.242. The molecule has 0 saturated heterocycles. The van der Waals surface area contributed by atoms with Gasteiger partial charge in [0.1, 0.15) is 11.6 Å². The van der Waals surface area contributed by atoms with Gasteiger partial charge in [0.25, 0.3) is 0 Å². The molecule has 0 aromatic heterocycles. The Morgan fingerprint density at radius 1 is 1.14 bits per heavy atom. The van der Waals surface area contributed by atoms with Gasteiger partial charge in [0.05, 0.1) is 6.10 Å². The smallest absolute Gasteiger partial charge is 0.127 e. The van der Waals surface area contributed by atoms with E-state index in [0.29, 0.717) is 17.0 Å². The number of hydrogen-bond donors (Lipinski definition) is 0. The Balaban J connectivity index is 2.11. The molecule has 2 rings (SSSR count). The summed E-state index contributed by atoms with van der Waals surface area (Å²) in [7, 11) is 0. The van der Waals surface area contributed by atoms with Crippen LogP contribution in [-0.4, -0.2) is 6.10 Å². The van der Waals surface area contributed by atoms with Gasteiger partial charge in [-0.1, -0.05) is 45.7 Å². The molecule has 0 saturated carbocycles. The van der Waals surface area contributed by atoms with E-state index in [1.54, 1.807) is 12.1 Å². The first-order valence-electron chi connectivity index (χ1n) is 6.81. The summed E-state index contributed by atoms with van der Waals surface area (Å²) >= 11 is 9.66. The second-order valence-electron chi connectivity index (χ2n) is 5.11. The van der Waals surface area contributed by atoms with Crippen LogP contribution in [0, 0.1) is 5.82 Å². The number of alkyl halides is 1. The fourth-order valence-corrected chi connectivity index (χ4v) is 2.92. The number of benzene rings is 2. The Morgan fingerprint density at radius 2 is 1.81 bits per heavy atom. The van der Waals surface area contributed by atoms with Crippen molar-refractivity contribution in [2.24, 2.45) is 0 Å². The third kappa shape index (κ3) is 4.45. The molecule has 112 valence electrons. The molecular formula is C17H17BrClFO. The molecule has 1 unspecified atom stereocenters. The second-order valence-corrected chi connectivity index (χ2v) is 6.62. The van der Waals surface area contributed by atoms with Gasteiger partial charge in [0.2, 0.25) is 0 Å². The van der Waals surface area contributed by atoms with Crippen LogP contribution in [0.1, 0.15) is 29.8 Å². The minimum Gasteiger partial charge on any atom is -0.491 e. The predicted molar refractivity (Wildman–Crippen MR) is 89.0 cm³/mol. The summed E-state index contributed by atoms with van der Waals surface area (Å²) in [6.07, 6.45) is 0.642. The Labute approximate surface area is 138 Å². The lowest BCUT2D eigenvalue weighted by Crippen LogP contribution is -2.05. The second kappa shape index (κ2) is 7.28. The summed E-state index contributed by atoms with van der Waals surface area (Å²) in [4.78, 5) is -0.000000000000000444. The van der Waals surface area contributed by atoms with Crippen LogP contribution >= 0.6 is 27.5 Å². The number of hydrogen-bond acceptors (Lipinski definition) is 1. The molecule has 0 aliphatic carbocycles. The molecule has 1 atom stereocenters. The molecule has 4 heteroatoms. The highest BCUT2D eigenvalue weighted by Gasteiger charge is 2.14. The van der Waals surface area contributed by atoms with Gasteiger partial charge in [-0.05, 0) is 50.1 Å². The summed E-state index contributed by atoms with van der Waals surface area (Å²) in [6, 6.07) is 12.6. The molecule has 0 amide bonds. The maximum Gasteiger partial charge on any atom is 0.127 e. The van der Waals surface area contributed by atoms with Crippen molar-refractivity contribution in [1.82, 2.24) is 0 Å². The number of ether oxygens (including phenoxy) is 1. The molecule has 0 aliphatic rings. The van der Waals surface area contributed by atoms with Crippen molar-refractivity contribution >= 4 is 27.5 Å². The van der Waals surface area contributed by atoms with Crippen LogP contribution in [0.15, 0.2) is 42.5 Å². The van der Waals surface area contributed by atoms with E-state index in [1.165, 1.54) is 6.07 Å². The Hall–Kier alpha value is -1.06. The van der Waals surface area contributed by atoms with Gasteiger partial charge in [0.15, 0.2) is 0 Å². The van der Waals surface area contributed by atoms with E-state index in [1.807, 2.05) is 38.1 Å². The van der Waals surface area contributed by atoms with Crippen molar-refractivity contribution in [2.45, 2.75) is 31.2 Å². The van der Waals surface area contributed by atoms with Gasteiger partial charge >= 0.3 is 0 Å². The van der Waals surface area contributed by atoms with Gasteiger partial charge < -0.3 is 4.74 Å². The maximum absolute atomic E-state index is 13.8. The van der Waals surface area contributed by atoms with E-state index >= 15 is 0 Å². The molecule has 0 N–H and O–H groups in total. The number of halogens is 3. The molecule has 0 aliphatic heterocycles. The van der Waals surface area contributed by atoms with Gasteiger partial charge in [-0.15, -0.1) is 0 Å². The molecule has 0 radical (unpaired) electrons. The first kappa shape index (κ1) is 16.3. The average Bonchev–Trinajstić information content (AvgIpc) is 2.43. The van der Waals surface area contributed by atoms with Crippen LogP contribution in [0.25, 0.3) is 0 Å². The third-order valence-electron chi connectivity index (χ3n) is 3.06. The van der Waals surface area contributed by atoms with E-state index in [9.17, 15) is 4.39 Å². The molecule has 0 heterocycles. The minimum absolute atomic E-state index is 0.000000000000000444. The lowest BCUT2D eigenvalue weighted by Gasteiger charge is -2.14. The van der Waals surface area contributed by atoms with Gasteiger partial charge in [0, 0.05) is 15.4 Å². The van der Waals surface area contributed by atoms with E-state index in [4.69, 9.17) is 16.3 Å². The van der Waals surface area contributed by atoms with E-state index in [-0.39, 0.29) is 16.7 Å². The van der Waals surface area contributed by atoms with Gasteiger partial charge in [-0.2, -0.15) is 0 Å². The highest BCUT2D eigenvalue weighted by atomic mass is 79.9. The molecule has 0 bridgehead atoms. The van der Waals surface area contributed by atoms with Crippen LogP contribution in [0.5, 0.6) is 5.75 Å². The quantitative estimate of drug-likeness (QED) is 0.591. The first-order valence-corrected chi connectivity index (χ1v) is 8.10. The molecule has 0 spiro atoms. The van der Waals surface area contributed by atoms with Gasteiger partial charge in [-0.3, -0.25) is 0 Å². The topological polar surface area (TPSA) is 9.23 Å². The van der Waals surface area contributed by atoms with Crippen molar-refractivity contribution in [1.29, 1.82) is 0 Å². The standard InChI is InChI=1S/C17H17BrClFO/c1-11(2)21-13-8-6-12(7-9-13)15(18)10-14-16(19)4-3-5-17(14)20/h3-9,11,15H,10H2,1-2H3. The van der Waals surface area contributed by atoms with Crippen molar-refractivity contribution < 1.29 is 9.13 Å². The Kier molecular flexibility index (Phi) is 5.65. The average molecular weight is 372 g/mol. The Morgan fingerprint density at radius 3 is 2.38 bits per heavy atom. The zero-order valence-corrected chi connectivity index (χ0v) is 14.3. The highest BCUT2D eigenvalue weighted by Crippen LogP contribution is 2.32. The van der Waals surface area contributed by atoms with Crippen LogP contribution in [0.3, 0.4) is 0 Å². The van der Waals surface area contributed by atoms with Crippen molar-refractivity contribution in [3.63, 3.8) is 0 Å². The fourth-order valence-electron chi connectivity index (χ4n) is 2.05. The summed E-state index contributed by atoms with van der Waals surface area (Å²) < 4.78 is 19.4. The highest BCUT2D eigenvalue weighted by molar-refractivity contribution is 9.09. The predicted octanol–water partition coefficient (Wildman–Crippen LogP) is 5.95. The van der Waals surface area contributed by atoms with E-state index < -0.39 is 0 Å². The molecule has 21 heavy (non-hydrogen) atoms. The lowest BCUT2D eigenvalue weighted by atomic mass is 10.0. The van der Waals surface area contributed by atoms with Crippen LogP contribution in [-0.2, 0) is 6.42 Å². The van der Waals surface area contributed by atoms with Crippen LogP contribution < -0.4 is 4.74 Å². The van der Waals surface area contributed by atoms with E-state index in [2.05, 4.69) is 15.9 Å². The first-order chi connectivity index (χ1) is 9.97. The zero-order chi connectivity index (χ0) is 15.4. The largest absolute Gasteiger partial charge is 0.491 e. The summed E-state index contributed by atoms with van der Waals surface area (Å²) in [5.41, 5.74) is 1.59. The normalized spacial score (nSPS) is 12.5.